The Morgan fingerprint density at radius 3 is 2.91 bits per heavy atom. The molecule has 2 aliphatic carbocycles. The molecule has 2 bridgehead atoms. The van der Waals surface area contributed by atoms with E-state index in [-0.39, 0.29) is 35.4 Å². The Morgan fingerprint density at radius 1 is 1.36 bits per heavy atom. The fraction of sp³-hybridized carbons (Fsp3) is 0.833. The van der Waals surface area contributed by atoms with Gasteiger partial charge in [0.15, 0.2) is 0 Å². The lowest BCUT2D eigenvalue weighted by atomic mass is 9.58. The van der Waals surface area contributed by atoms with E-state index >= 15 is 0 Å². The molecule has 4 nitrogen and oxygen atoms in total. The number of rotatable bonds is 1. The molecule has 1 saturated carbocycles. The van der Waals surface area contributed by atoms with Crippen molar-refractivity contribution in [3.8, 4) is 0 Å². The first-order valence-electron chi connectivity index (χ1n) is 8.86. The summed E-state index contributed by atoms with van der Waals surface area (Å²) in [5, 5.41) is 10.8. The van der Waals surface area contributed by atoms with Gasteiger partial charge in [-0.25, -0.2) is 0 Å². The van der Waals surface area contributed by atoms with Crippen LogP contribution in [0.5, 0.6) is 0 Å². The second kappa shape index (κ2) is 4.98. The number of ether oxygens (including phenoxy) is 1. The Hall–Kier alpha value is -1.03. The Kier molecular flexibility index (Phi) is 3.30. The zero-order valence-electron chi connectivity index (χ0n) is 13.6. The average Bonchev–Trinajstić information content (AvgIpc) is 2.69. The Bertz CT molecular complexity index is 516. The van der Waals surface area contributed by atoms with Gasteiger partial charge in [-0.05, 0) is 38.0 Å². The molecular weight excluding hydrogens is 278 g/mol. The number of carbonyl (C=O) groups excluding carboxylic acids is 1. The molecule has 0 aromatic heterocycles. The number of aliphatic hydroxyl groups is 1. The minimum atomic E-state index is -0.241. The molecular formula is C18H27NO3. The molecule has 4 rings (SSSR count). The lowest BCUT2D eigenvalue weighted by molar-refractivity contribution is -0.156. The van der Waals surface area contributed by atoms with Crippen LogP contribution in [0.4, 0.5) is 0 Å². The van der Waals surface area contributed by atoms with Gasteiger partial charge in [0.1, 0.15) is 6.10 Å². The topological polar surface area (TPSA) is 49.8 Å². The Balaban J connectivity index is 1.83. The maximum absolute atomic E-state index is 11.6. The van der Waals surface area contributed by atoms with Crippen LogP contribution in [0.3, 0.4) is 0 Å². The van der Waals surface area contributed by atoms with Gasteiger partial charge in [0.05, 0.1) is 6.10 Å². The Labute approximate surface area is 132 Å². The lowest BCUT2D eigenvalue weighted by Crippen LogP contribution is -2.53. The number of hydrogen-bond donors (Lipinski definition) is 1. The van der Waals surface area contributed by atoms with E-state index < -0.39 is 0 Å². The molecule has 1 spiro atoms. The average molecular weight is 305 g/mol. The standard InChI is InChI=1S/C18H27NO3/c1-11-9-16-18-6-4-8-19(16)7-3-5-13(18)15(21)10-14(18)17(11)22-12(2)20/h9,11,13-15,17,21H,3-8,10H2,1-2H3/t11-,13+,14+,15?,17-,18+/m0/s1. The number of piperidine rings is 1. The van der Waals surface area contributed by atoms with E-state index in [1.165, 1.54) is 25.5 Å². The quantitative estimate of drug-likeness (QED) is 0.755. The van der Waals surface area contributed by atoms with Gasteiger partial charge in [0, 0.05) is 43.0 Å². The van der Waals surface area contributed by atoms with Crippen LogP contribution in [0.1, 0.15) is 46.0 Å². The SMILES string of the molecule is CC(=O)O[C@@H]1[C@H]2CC(O)[C@H]3CCCN4CCC[C@@]32C4=C[C@@H]1C. The van der Waals surface area contributed by atoms with Gasteiger partial charge in [-0.15, -0.1) is 0 Å². The molecule has 2 saturated heterocycles. The lowest BCUT2D eigenvalue weighted by Gasteiger charge is -2.53. The van der Waals surface area contributed by atoms with E-state index in [4.69, 9.17) is 4.74 Å². The highest BCUT2D eigenvalue weighted by molar-refractivity contribution is 5.66. The maximum atomic E-state index is 11.6. The summed E-state index contributed by atoms with van der Waals surface area (Å²) in [5.41, 5.74) is 1.53. The third kappa shape index (κ3) is 1.82. The van der Waals surface area contributed by atoms with E-state index in [0.717, 1.165) is 32.4 Å². The number of carbonyl (C=O) groups is 1. The van der Waals surface area contributed by atoms with Crippen LogP contribution >= 0.6 is 0 Å². The third-order valence-electron chi connectivity index (χ3n) is 6.70. The van der Waals surface area contributed by atoms with Crippen LogP contribution in [-0.4, -0.2) is 41.3 Å². The fourth-order valence-electron chi connectivity index (χ4n) is 6.07. The molecule has 1 N–H and O–H groups in total. The fourth-order valence-corrected chi connectivity index (χ4v) is 6.07. The maximum Gasteiger partial charge on any atom is 0.302 e. The zero-order chi connectivity index (χ0) is 15.5. The molecule has 2 aliphatic heterocycles. The van der Waals surface area contributed by atoms with E-state index in [0.29, 0.717) is 5.92 Å². The molecule has 0 aromatic carbocycles. The molecule has 6 atom stereocenters. The number of aliphatic hydroxyl groups excluding tert-OH is 1. The number of nitrogens with zero attached hydrogens (tertiary/aromatic N) is 1. The largest absolute Gasteiger partial charge is 0.462 e. The summed E-state index contributed by atoms with van der Waals surface area (Å²) < 4.78 is 5.74. The van der Waals surface area contributed by atoms with Crippen LogP contribution < -0.4 is 0 Å². The van der Waals surface area contributed by atoms with Gasteiger partial charge in [-0.2, -0.15) is 0 Å². The summed E-state index contributed by atoms with van der Waals surface area (Å²) in [6, 6.07) is 0. The molecule has 2 heterocycles. The molecule has 0 radical (unpaired) electrons. The molecule has 0 amide bonds. The van der Waals surface area contributed by atoms with Crippen molar-refractivity contribution in [3.63, 3.8) is 0 Å². The van der Waals surface area contributed by atoms with Gasteiger partial charge >= 0.3 is 5.97 Å². The minimum absolute atomic E-state index is 0.0563. The normalized spacial score (nSPS) is 46.6. The van der Waals surface area contributed by atoms with Gasteiger partial charge in [0.2, 0.25) is 0 Å². The number of allylic oxidation sites excluding steroid dienone is 1. The highest BCUT2D eigenvalue weighted by atomic mass is 16.5. The van der Waals surface area contributed by atoms with E-state index in [1.807, 2.05) is 0 Å². The monoisotopic (exact) mass is 305 g/mol. The summed E-state index contributed by atoms with van der Waals surface area (Å²) in [4.78, 5) is 14.2. The van der Waals surface area contributed by atoms with Crippen molar-refractivity contribution in [2.45, 2.75) is 58.2 Å². The summed E-state index contributed by atoms with van der Waals surface area (Å²) in [5.74, 6) is 0.679. The van der Waals surface area contributed by atoms with E-state index in [2.05, 4.69) is 17.9 Å². The van der Waals surface area contributed by atoms with Gasteiger partial charge in [0.25, 0.3) is 0 Å². The molecule has 22 heavy (non-hydrogen) atoms. The van der Waals surface area contributed by atoms with Crippen LogP contribution in [0.15, 0.2) is 11.8 Å². The van der Waals surface area contributed by atoms with Crippen LogP contribution in [-0.2, 0) is 9.53 Å². The number of hydrogen-bond acceptors (Lipinski definition) is 4. The summed E-state index contributed by atoms with van der Waals surface area (Å²) >= 11 is 0. The second-order valence-corrected chi connectivity index (χ2v) is 7.77. The van der Waals surface area contributed by atoms with Crippen molar-refractivity contribution in [1.82, 2.24) is 4.90 Å². The van der Waals surface area contributed by atoms with E-state index in [1.54, 1.807) is 0 Å². The minimum Gasteiger partial charge on any atom is -0.462 e. The second-order valence-electron chi connectivity index (χ2n) is 7.77. The first-order chi connectivity index (χ1) is 10.5. The first-order valence-corrected chi connectivity index (χ1v) is 8.86. The molecule has 4 aliphatic rings. The summed E-state index contributed by atoms with van der Waals surface area (Å²) in [6.45, 7) is 5.93. The van der Waals surface area contributed by atoms with Gasteiger partial charge < -0.3 is 14.7 Å². The van der Waals surface area contributed by atoms with Crippen molar-refractivity contribution >= 4 is 5.97 Å². The van der Waals surface area contributed by atoms with Crippen molar-refractivity contribution < 1.29 is 14.6 Å². The van der Waals surface area contributed by atoms with Crippen LogP contribution in [0.2, 0.25) is 0 Å². The molecule has 122 valence electrons. The predicted molar refractivity (Wildman–Crippen MR) is 82.9 cm³/mol. The zero-order valence-corrected chi connectivity index (χ0v) is 13.6. The van der Waals surface area contributed by atoms with Crippen LogP contribution in [0, 0.1) is 23.2 Å². The molecule has 4 heteroatoms. The molecule has 1 unspecified atom stereocenters. The predicted octanol–water partition coefficient (Wildman–Crippen LogP) is 2.32. The van der Waals surface area contributed by atoms with Gasteiger partial charge in [-0.1, -0.05) is 13.0 Å². The van der Waals surface area contributed by atoms with Crippen molar-refractivity contribution in [2.24, 2.45) is 23.2 Å². The van der Waals surface area contributed by atoms with Crippen LogP contribution in [0.25, 0.3) is 0 Å². The highest BCUT2D eigenvalue weighted by Gasteiger charge is 2.63. The molecule has 3 fully saturated rings. The Morgan fingerprint density at radius 2 is 2.14 bits per heavy atom. The first kappa shape index (κ1) is 14.6. The smallest absolute Gasteiger partial charge is 0.302 e. The van der Waals surface area contributed by atoms with E-state index in [9.17, 15) is 9.90 Å². The van der Waals surface area contributed by atoms with Crippen molar-refractivity contribution in [3.05, 3.63) is 11.8 Å². The van der Waals surface area contributed by atoms with Gasteiger partial charge in [-0.3, -0.25) is 4.79 Å². The highest BCUT2D eigenvalue weighted by Crippen LogP contribution is 2.64. The summed E-state index contributed by atoms with van der Waals surface area (Å²) in [7, 11) is 0. The molecule has 0 aromatic rings. The number of esters is 1. The third-order valence-corrected chi connectivity index (χ3v) is 6.70. The van der Waals surface area contributed by atoms with Crippen molar-refractivity contribution in [1.29, 1.82) is 0 Å². The summed E-state index contributed by atoms with van der Waals surface area (Å²) in [6.07, 6.45) is 7.45. The van der Waals surface area contributed by atoms with Crippen molar-refractivity contribution in [2.75, 3.05) is 13.1 Å².